The quantitative estimate of drug-likeness (QED) is 0.0179. The lowest BCUT2D eigenvalue weighted by Gasteiger charge is -2.27. The highest BCUT2D eigenvalue weighted by atomic mass is 32.2. The molecule has 0 heterocycles. The number of nitrogens with one attached hydrogen (secondary N) is 8. The molecule has 1 fully saturated rings. The number of aliphatic imine (C=N–C) groups is 1. The number of hydrazone groups is 1. The Labute approximate surface area is 581 Å². The average molecular weight is 1430 g/mol. The van der Waals surface area contributed by atoms with Gasteiger partial charge in [0.1, 0.15) is 42.3 Å². The van der Waals surface area contributed by atoms with Gasteiger partial charge < -0.3 is 106 Å². The second-order valence-corrected chi connectivity index (χ2v) is 24.7. The molecule has 99 heavy (non-hydrogen) atoms. The summed E-state index contributed by atoms with van der Waals surface area (Å²) in [6.07, 6.45) is 4.63. The molecule has 0 radical (unpaired) electrons. The number of carbonyl (C=O) groups is 9. The molecule has 1 aromatic carbocycles. The summed E-state index contributed by atoms with van der Waals surface area (Å²) in [5.74, 6) is 1.42. The molecule has 1 saturated carbocycles. The highest BCUT2D eigenvalue weighted by Gasteiger charge is 2.32. The van der Waals surface area contributed by atoms with Crippen molar-refractivity contribution in [2.45, 2.75) is 141 Å². The van der Waals surface area contributed by atoms with Crippen LogP contribution in [0.3, 0.4) is 0 Å². The van der Waals surface area contributed by atoms with E-state index >= 15 is 0 Å². The first-order valence-corrected chi connectivity index (χ1v) is 35.3. The van der Waals surface area contributed by atoms with Crippen LogP contribution in [-0.2, 0) is 102 Å². The van der Waals surface area contributed by atoms with Gasteiger partial charge in [-0.2, -0.15) is 13.5 Å². The number of benzene rings is 1. The fourth-order valence-corrected chi connectivity index (χ4v) is 9.62. The fraction of sp³-hybridized carbons (Fsp3) is 0.734. The van der Waals surface area contributed by atoms with Crippen LogP contribution in [0.25, 0.3) is 0 Å². The molecule has 2 rings (SSSR count). The molecule has 0 saturated heterocycles. The van der Waals surface area contributed by atoms with Gasteiger partial charge in [0.2, 0.25) is 41.4 Å². The van der Waals surface area contributed by atoms with Crippen LogP contribution in [-0.4, -0.2) is 260 Å². The highest BCUT2D eigenvalue weighted by molar-refractivity contribution is 7.85. The van der Waals surface area contributed by atoms with Gasteiger partial charge in [0.15, 0.2) is 0 Å². The number of urea groups is 1. The van der Waals surface area contributed by atoms with Crippen molar-refractivity contribution >= 4 is 80.4 Å². The second-order valence-electron chi connectivity index (χ2n) is 23.1. The smallest absolute Gasteiger partial charge is 0.312 e. The van der Waals surface area contributed by atoms with Crippen LogP contribution < -0.4 is 54.1 Å². The van der Waals surface area contributed by atoms with Crippen molar-refractivity contribution < 1.29 is 103 Å². The zero-order valence-electron chi connectivity index (χ0n) is 58.0. The summed E-state index contributed by atoms with van der Waals surface area (Å²) in [5.41, 5.74) is 7.72. The number of rotatable bonds is 58. The molecule has 0 aliphatic heterocycles. The van der Waals surface area contributed by atoms with E-state index in [1.165, 1.54) is 6.92 Å². The number of hydrogen-bond acceptors (Lipinski definition) is 24. The number of ether oxygens (including phenoxy) is 10. The Balaban J connectivity index is 1.94. The van der Waals surface area contributed by atoms with Crippen molar-refractivity contribution in [3.8, 4) is 0 Å². The lowest BCUT2D eigenvalue weighted by atomic mass is 9.95. The van der Waals surface area contributed by atoms with Crippen molar-refractivity contribution in [3.63, 3.8) is 0 Å². The molecule has 1 aliphatic rings. The topological polar surface area (TPSA) is 473 Å². The largest absolute Gasteiger partial charge is 0.380 e. The number of ketones is 1. The summed E-state index contributed by atoms with van der Waals surface area (Å²) in [7, 11) is -2.58. The number of hydrogen-bond donors (Lipinski definition) is 11. The number of unbranched alkanes of at least 4 members (excludes halogenated alkanes) is 1. The summed E-state index contributed by atoms with van der Waals surface area (Å²) in [5, 5.41) is 25.6. The van der Waals surface area contributed by atoms with Crippen LogP contribution in [0.5, 0.6) is 0 Å². The Morgan fingerprint density at radius 1 is 0.576 bits per heavy atom. The van der Waals surface area contributed by atoms with Crippen LogP contribution in [0.1, 0.15) is 116 Å². The first-order chi connectivity index (χ1) is 47.6. The highest BCUT2D eigenvalue weighted by Crippen LogP contribution is 2.18. The zero-order chi connectivity index (χ0) is 72.7. The summed E-state index contributed by atoms with van der Waals surface area (Å²) in [6, 6.07) is 2.80. The van der Waals surface area contributed by atoms with Gasteiger partial charge in [0, 0.05) is 64.7 Å². The molecule has 4 atom stereocenters. The lowest BCUT2D eigenvalue weighted by Crippen LogP contribution is -2.57. The van der Waals surface area contributed by atoms with Crippen LogP contribution in [0.4, 0.5) is 10.5 Å². The first-order valence-electron chi connectivity index (χ1n) is 33.7. The summed E-state index contributed by atoms with van der Waals surface area (Å²) < 4.78 is 85.6. The number of primary amides is 1. The second kappa shape index (κ2) is 55.8. The molecule has 0 spiro atoms. The van der Waals surface area contributed by atoms with Gasteiger partial charge >= 0.3 is 6.03 Å². The van der Waals surface area contributed by atoms with Crippen LogP contribution in [0.2, 0.25) is 0 Å². The van der Waals surface area contributed by atoms with Gasteiger partial charge in [-0.05, 0) is 81.9 Å². The van der Waals surface area contributed by atoms with Gasteiger partial charge in [0.05, 0.1) is 130 Å². The number of Topliss-reactive ketones (excluding diaryl/α,β-unsaturated/α-hetero) is 1. The van der Waals surface area contributed by atoms with Crippen molar-refractivity contribution in [1.29, 1.82) is 0 Å². The maximum absolute atomic E-state index is 14.2. The van der Waals surface area contributed by atoms with Crippen LogP contribution in [0, 0.1) is 5.92 Å². The van der Waals surface area contributed by atoms with E-state index in [-0.39, 0.29) is 129 Å². The minimum absolute atomic E-state index is 0.000377. The minimum Gasteiger partial charge on any atom is -0.380 e. The predicted octanol–water partition coefficient (Wildman–Crippen LogP) is 0.124. The Morgan fingerprint density at radius 3 is 1.69 bits per heavy atom. The van der Waals surface area contributed by atoms with Crippen molar-refractivity contribution in [3.05, 3.63) is 29.8 Å². The number of nitrogens with zero attached hydrogens (tertiary/aromatic N) is 2. The van der Waals surface area contributed by atoms with E-state index < -0.39 is 87.5 Å². The summed E-state index contributed by atoms with van der Waals surface area (Å²) in [6.45, 7) is 9.83. The molecule has 9 amide bonds. The van der Waals surface area contributed by atoms with E-state index in [1.807, 2.05) is 0 Å². The Hall–Kier alpha value is -6.90. The first kappa shape index (κ1) is 88.2. The van der Waals surface area contributed by atoms with E-state index in [0.29, 0.717) is 122 Å². The van der Waals surface area contributed by atoms with E-state index in [9.17, 15) is 51.6 Å². The molecule has 1 aliphatic carbocycles. The number of amides is 9. The normalized spacial score (nSPS) is 15.1. The van der Waals surface area contributed by atoms with Gasteiger partial charge in [-0.3, -0.25) is 43.1 Å². The van der Waals surface area contributed by atoms with Gasteiger partial charge in [0.25, 0.3) is 10.1 Å². The molecule has 1 aromatic rings. The number of anilines is 1. The SMILES string of the molecule is COCc1ccc(NC(=O)[C@H](CCCNC(N)=O)NC(=O)[C@@H](NC(=O)[C@@H](CCCCNC(=O)COC2CCCCCC(=NCCOCCOCCOCCOCCC(=O)NCCS(=O)(=O)O)C2=NN)NC(=O)CCOCCOCCOCCOCCNC(=O)CCC(C)=O)C(C)C)cc1. The summed E-state index contributed by atoms with van der Waals surface area (Å²) >= 11 is 0. The maximum Gasteiger partial charge on any atom is 0.312 e. The van der Waals surface area contributed by atoms with Crippen LogP contribution >= 0.6 is 0 Å². The molecule has 564 valence electrons. The van der Waals surface area contributed by atoms with Gasteiger partial charge in [-0.15, -0.1) is 0 Å². The maximum atomic E-state index is 14.2. The standard InChI is InChI=1S/C64H110N12O22S/c1-47(2)59(63(84)74-53(13-10-24-71-64(65)85)61(82)72-50-18-16-49(17-19-50)45-89-4)75-62(83)52(73-57(80)22-29-91-33-37-95-41-43-97-39-35-93-31-26-69-55(78)20-15-48(3)77)12-8-9-23-68-58(81)46-98-54-14-7-5-6-11-51(60(54)76-66)67-25-30-92-34-38-96-42-40-94-36-32-90-28-21-56(79)70-27-44-99(86,87)88/h16-19,47,52-54,59H,5-15,20-46,66H2,1-4H3,(H,68,81)(H,69,78)(H,70,79)(H,72,82)(H,73,80)(H,74,84)(H,75,83)(H3,65,71,85)(H,86,87,88)/t52-,53+,54?,59+/m1/s1. The van der Waals surface area contributed by atoms with Crippen molar-refractivity contribution in [2.24, 2.45) is 27.6 Å². The monoisotopic (exact) mass is 1430 g/mol. The Bertz CT molecular complexity index is 2680. The molecular weight excluding hydrogens is 1320 g/mol. The number of nitrogens with two attached hydrogens (primary N) is 2. The zero-order valence-corrected chi connectivity index (χ0v) is 58.9. The van der Waals surface area contributed by atoms with Crippen molar-refractivity contribution in [2.75, 3.05) is 163 Å². The van der Waals surface area contributed by atoms with Gasteiger partial charge in [-0.1, -0.05) is 38.8 Å². The number of methoxy groups -OCH3 is 1. The Kier molecular flexibility index (Phi) is 49.7. The van der Waals surface area contributed by atoms with Gasteiger partial charge in [-0.25, -0.2) is 4.79 Å². The molecule has 35 heteroatoms. The van der Waals surface area contributed by atoms with E-state index in [1.54, 1.807) is 45.2 Å². The minimum atomic E-state index is -4.15. The summed E-state index contributed by atoms with van der Waals surface area (Å²) in [4.78, 5) is 119. The molecule has 34 nitrogen and oxygen atoms in total. The Morgan fingerprint density at radius 2 is 1.11 bits per heavy atom. The molecule has 13 N–H and O–H groups in total. The lowest BCUT2D eigenvalue weighted by molar-refractivity contribution is -0.134. The third-order valence-electron chi connectivity index (χ3n) is 14.5. The van der Waals surface area contributed by atoms with Crippen molar-refractivity contribution in [1.82, 2.24) is 37.2 Å². The molecule has 1 unspecified atom stereocenters. The third-order valence-corrected chi connectivity index (χ3v) is 15.2. The molecular formula is C64H110N12O22S. The number of carbonyl (C=O) groups excluding carboxylic acids is 9. The third kappa shape index (κ3) is 47.0. The van der Waals surface area contributed by atoms with E-state index in [4.69, 9.17) is 68.5 Å². The van der Waals surface area contributed by atoms with E-state index in [2.05, 4.69) is 47.6 Å². The molecule has 0 bridgehead atoms. The predicted molar refractivity (Wildman–Crippen MR) is 365 cm³/mol. The van der Waals surface area contributed by atoms with E-state index in [0.717, 1.165) is 24.8 Å². The fourth-order valence-electron chi connectivity index (χ4n) is 9.26. The average Bonchev–Trinajstić information content (AvgIpc) is 1.49. The van der Waals surface area contributed by atoms with Crippen LogP contribution in [0.15, 0.2) is 34.4 Å². The molecule has 0 aromatic heterocycles.